The van der Waals surface area contributed by atoms with Gasteiger partial charge in [0.2, 0.25) is 0 Å². The molecule has 0 fully saturated rings. The Bertz CT molecular complexity index is 1060. The Balaban J connectivity index is 1.87. The first-order valence-electron chi connectivity index (χ1n) is 8.53. The van der Waals surface area contributed by atoms with Gasteiger partial charge >= 0.3 is 6.09 Å². The van der Waals surface area contributed by atoms with Crippen molar-refractivity contribution in [1.29, 1.82) is 0 Å². The lowest BCUT2D eigenvalue weighted by molar-refractivity contribution is 0.186. The van der Waals surface area contributed by atoms with Gasteiger partial charge in [-0.25, -0.2) is 18.6 Å². The fourth-order valence-corrected chi connectivity index (χ4v) is 3.00. The van der Waals surface area contributed by atoms with E-state index in [1.807, 2.05) is 6.92 Å². The van der Waals surface area contributed by atoms with Crippen molar-refractivity contribution in [2.75, 3.05) is 17.7 Å². The molecule has 1 amide bonds. The van der Waals surface area contributed by atoms with E-state index < -0.39 is 17.7 Å². The zero-order valence-electron chi connectivity index (χ0n) is 15.6. The highest BCUT2D eigenvalue weighted by molar-refractivity contribution is 9.10. The van der Waals surface area contributed by atoms with Gasteiger partial charge in [0.15, 0.2) is 11.6 Å². The minimum atomic E-state index is -0.811. The fourth-order valence-electron chi connectivity index (χ4n) is 2.67. The summed E-state index contributed by atoms with van der Waals surface area (Å²) in [5.74, 6) is -1.29. The van der Waals surface area contributed by atoms with Crippen molar-refractivity contribution < 1.29 is 18.3 Å². The quantitative estimate of drug-likeness (QED) is 0.535. The molecule has 0 spiro atoms. The molecule has 6 nitrogen and oxygen atoms in total. The van der Waals surface area contributed by atoms with Crippen molar-refractivity contribution in [3.63, 3.8) is 0 Å². The molecule has 0 atom stereocenters. The van der Waals surface area contributed by atoms with E-state index in [-0.39, 0.29) is 12.2 Å². The molecule has 2 aromatic heterocycles. The molecule has 150 valence electrons. The molecule has 0 saturated carbocycles. The fraction of sp³-hybridized carbons (Fsp3) is 0.150. The van der Waals surface area contributed by atoms with Crippen LogP contribution in [0.1, 0.15) is 16.7 Å². The topological polar surface area (TPSA) is 76.1 Å². The highest BCUT2D eigenvalue weighted by Gasteiger charge is 2.15. The predicted molar refractivity (Wildman–Crippen MR) is 109 cm³/mol. The number of rotatable bonds is 5. The number of aromatic nitrogens is 2. The van der Waals surface area contributed by atoms with E-state index in [2.05, 4.69) is 41.3 Å². The van der Waals surface area contributed by atoms with Crippen LogP contribution in [0.25, 0.3) is 0 Å². The lowest BCUT2D eigenvalue weighted by Crippen LogP contribution is -2.14. The Kier molecular flexibility index (Phi) is 6.38. The third-order valence-electron chi connectivity index (χ3n) is 4.28. The molecule has 0 saturated heterocycles. The zero-order chi connectivity index (χ0) is 21.0. The summed E-state index contributed by atoms with van der Waals surface area (Å²) in [6.07, 6.45) is 3.99. The van der Waals surface area contributed by atoms with E-state index >= 15 is 0 Å². The Morgan fingerprint density at radius 3 is 2.69 bits per heavy atom. The van der Waals surface area contributed by atoms with Crippen molar-refractivity contribution in [3.05, 3.63) is 75.7 Å². The minimum absolute atomic E-state index is 0.210. The number of amides is 1. The van der Waals surface area contributed by atoms with Gasteiger partial charge in [-0.15, -0.1) is 0 Å². The summed E-state index contributed by atoms with van der Waals surface area (Å²) in [5, 5.41) is 5.25. The Hall–Kier alpha value is -3.07. The number of hydrogen-bond donors (Lipinski definition) is 2. The maximum absolute atomic E-state index is 14.7. The van der Waals surface area contributed by atoms with Crippen molar-refractivity contribution in [2.24, 2.45) is 0 Å². The summed E-state index contributed by atoms with van der Waals surface area (Å²) in [6, 6.07) is 6.21. The van der Waals surface area contributed by atoms with Gasteiger partial charge in [-0.1, -0.05) is 15.9 Å². The van der Waals surface area contributed by atoms with E-state index in [1.165, 1.54) is 25.4 Å². The third kappa shape index (κ3) is 4.86. The molecule has 2 heterocycles. The SMILES string of the molecule is COC(=O)Nc1nccc(Cc2cncc(Nc3ccc(Br)cc3F)c2C)c1F. The van der Waals surface area contributed by atoms with Crippen LogP contribution in [0.5, 0.6) is 0 Å². The molecule has 1 aromatic carbocycles. The number of methoxy groups -OCH3 is 1. The second-order valence-electron chi connectivity index (χ2n) is 6.15. The van der Waals surface area contributed by atoms with Gasteiger partial charge in [0.25, 0.3) is 0 Å². The van der Waals surface area contributed by atoms with Gasteiger partial charge in [0.05, 0.1) is 24.7 Å². The second kappa shape index (κ2) is 8.95. The van der Waals surface area contributed by atoms with Crippen molar-refractivity contribution >= 4 is 39.2 Å². The monoisotopic (exact) mass is 462 g/mol. The number of anilines is 3. The standard InChI is InChI=1S/C20H17BrF2N4O2/c1-11-13(7-12-5-6-25-19(18(12)23)27-20(28)29-2)9-24-10-17(11)26-16-4-3-14(21)8-15(16)22/h3-6,8-10,26H,7H2,1-2H3,(H,25,27,28). The average Bonchev–Trinajstić information content (AvgIpc) is 2.69. The minimum Gasteiger partial charge on any atom is -0.453 e. The van der Waals surface area contributed by atoms with Gasteiger partial charge in [-0.2, -0.15) is 0 Å². The maximum Gasteiger partial charge on any atom is 0.412 e. The van der Waals surface area contributed by atoms with Crippen LogP contribution < -0.4 is 10.6 Å². The van der Waals surface area contributed by atoms with Crippen molar-refractivity contribution in [2.45, 2.75) is 13.3 Å². The zero-order valence-corrected chi connectivity index (χ0v) is 17.2. The highest BCUT2D eigenvalue weighted by atomic mass is 79.9. The molecule has 0 aliphatic carbocycles. The highest BCUT2D eigenvalue weighted by Crippen LogP contribution is 2.28. The first-order valence-corrected chi connectivity index (χ1v) is 9.32. The Morgan fingerprint density at radius 1 is 1.17 bits per heavy atom. The molecule has 0 bridgehead atoms. The van der Waals surface area contributed by atoms with E-state index in [0.29, 0.717) is 21.4 Å². The Labute approximate surface area is 174 Å². The van der Waals surface area contributed by atoms with Gasteiger partial charge in [-0.05, 0) is 47.9 Å². The summed E-state index contributed by atoms with van der Waals surface area (Å²) in [7, 11) is 1.18. The number of hydrogen-bond acceptors (Lipinski definition) is 5. The van der Waals surface area contributed by atoms with Gasteiger partial charge in [0.1, 0.15) is 5.82 Å². The molecule has 2 N–H and O–H groups in total. The molecule has 0 aliphatic rings. The number of benzene rings is 1. The van der Waals surface area contributed by atoms with Crippen LogP contribution >= 0.6 is 15.9 Å². The van der Waals surface area contributed by atoms with Gasteiger partial charge < -0.3 is 10.1 Å². The summed E-state index contributed by atoms with van der Waals surface area (Å²) >= 11 is 3.22. The van der Waals surface area contributed by atoms with Gasteiger partial charge in [0, 0.05) is 23.3 Å². The third-order valence-corrected chi connectivity index (χ3v) is 4.77. The molecule has 0 radical (unpaired) electrons. The maximum atomic E-state index is 14.7. The average molecular weight is 463 g/mol. The van der Waals surface area contributed by atoms with Crippen LogP contribution in [0.4, 0.5) is 30.8 Å². The number of pyridine rings is 2. The first-order chi connectivity index (χ1) is 13.9. The molecular weight excluding hydrogens is 446 g/mol. The molecule has 0 aliphatic heterocycles. The number of nitrogens with zero attached hydrogens (tertiary/aromatic N) is 2. The van der Waals surface area contributed by atoms with Crippen LogP contribution in [-0.4, -0.2) is 23.2 Å². The number of halogens is 3. The lowest BCUT2D eigenvalue weighted by atomic mass is 10.0. The molecular formula is C20H17BrF2N4O2. The predicted octanol–water partition coefficient (Wildman–Crippen LogP) is 5.34. The van der Waals surface area contributed by atoms with Crippen molar-refractivity contribution in [1.82, 2.24) is 9.97 Å². The van der Waals surface area contributed by atoms with Crippen LogP contribution in [0.15, 0.2) is 47.3 Å². The van der Waals surface area contributed by atoms with Crippen molar-refractivity contribution in [3.8, 4) is 0 Å². The number of nitrogens with one attached hydrogen (secondary N) is 2. The van der Waals surface area contributed by atoms with Crippen LogP contribution in [-0.2, 0) is 11.2 Å². The largest absolute Gasteiger partial charge is 0.453 e. The summed E-state index contributed by atoms with van der Waals surface area (Å²) < 4.78 is 33.9. The number of carbonyl (C=O) groups excluding carboxylic acids is 1. The number of ether oxygens (including phenoxy) is 1. The van der Waals surface area contributed by atoms with E-state index in [4.69, 9.17) is 0 Å². The molecule has 3 rings (SSSR count). The first kappa shape index (κ1) is 20.7. The smallest absolute Gasteiger partial charge is 0.412 e. The van der Waals surface area contributed by atoms with Crippen LogP contribution in [0.2, 0.25) is 0 Å². The van der Waals surface area contributed by atoms with E-state index in [0.717, 1.165) is 11.1 Å². The summed E-state index contributed by atoms with van der Waals surface area (Å²) in [5.41, 5.74) is 2.76. The van der Waals surface area contributed by atoms with E-state index in [1.54, 1.807) is 24.5 Å². The summed E-state index contributed by atoms with van der Waals surface area (Å²) in [6.45, 7) is 1.84. The number of carbonyl (C=O) groups is 1. The molecule has 9 heteroatoms. The molecule has 3 aromatic rings. The summed E-state index contributed by atoms with van der Waals surface area (Å²) in [4.78, 5) is 19.3. The molecule has 0 unspecified atom stereocenters. The Morgan fingerprint density at radius 2 is 1.97 bits per heavy atom. The van der Waals surface area contributed by atoms with E-state index in [9.17, 15) is 13.6 Å². The normalized spacial score (nSPS) is 10.5. The second-order valence-corrected chi connectivity index (χ2v) is 7.06. The van der Waals surface area contributed by atoms with Crippen LogP contribution in [0.3, 0.4) is 0 Å². The lowest BCUT2D eigenvalue weighted by Gasteiger charge is -2.14. The molecule has 29 heavy (non-hydrogen) atoms. The van der Waals surface area contributed by atoms with Crippen LogP contribution in [0, 0.1) is 18.6 Å². The van der Waals surface area contributed by atoms with Gasteiger partial charge in [-0.3, -0.25) is 10.3 Å².